The van der Waals surface area contributed by atoms with E-state index in [1.165, 1.54) is 0 Å². The van der Waals surface area contributed by atoms with Gasteiger partial charge in [0.25, 0.3) is 0 Å². The third kappa shape index (κ3) is 2.59. The molecule has 2 aromatic rings. The van der Waals surface area contributed by atoms with Crippen molar-refractivity contribution in [2.45, 2.75) is 17.7 Å². The lowest BCUT2D eigenvalue weighted by molar-refractivity contribution is -0.148. The molecule has 0 aliphatic heterocycles. The van der Waals surface area contributed by atoms with Gasteiger partial charge in [0, 0.05) is 12.0 Å². The van der Waals surface area contributed by atoms with E-state index in [1.54, 1.807) is 19.1 Å². The number of halogens is 2. The molecular formula is C17H14Cl2O3. The smallest absolute Gasteiger partial charge is 0.315 e. The summed E-state index contributed by atoms with van der Waals surface area (Å²) >= 11 is 11.8. The number of Topliss-reactive ketones (excluding diaryl/α,β-unsaturated/α-hetero) is 1. The normalized spacial score (nSPS) is 22.3. The first-order chi connectivity index (χ1) is 10.3. The van der Waals surface area contributed by atoms with Crippen molar-refractivity contribution >= 4 is 45.7 Å². The second-order valence-electron chi connectivity index (χ2n) is 5.77. The molecule has 0 saturated heterocycles. The molecule has 114 valence electrons. The van der Waals surface area contributed by atoms with Crippen LogP contribution in [0.15, 0.2) is 42.5 Å². The number of ketones is 1. The van der Waals surface area contributed by atoms with Gasteiger partial charge in [0.1, 0.15) is 9.75 Å². The summed E-state index contributed by atoms with van der Waals surface area (Å²) in [6.45, 7) is 1.33. The lowest BCUT2D eigenvalue weighted by Gasteiger charge is -2.11. The molecule has 1 saturated carbocycles. The zero-order chi connectivity index (χ0) is 16.0. The van der Waals surface area contributed by atoms with Crippen molar-refractivity contribution in [3.8, 4) is 0 Å². The molecule has 0 radical (unpaired) electrons. The minimum absolute atomic E-state index is 0.252. The second kappa shape index (κ2) is 5.25. The summed E-state index contributed by atoms with van der Waals surface area (Å²) in [4.78, 5) is 24.1. The van der Waals surface area contributed by atoms with Crippen LogP contribution in [-0.2, 0) is 9.53 Å². The molecule has 0 aromatic heterocycles. The highest BCUT2D eigenvalue weighted by molar-refractivity contribution is 6.53. The van der Waals surface area contributed by atoms with E-state index in [-0.39, 0.29) is 12.4 Å². The van der Waals surface area contributed by atoms with E-state index < -0.39 is 15.7 Å². The van der Waals surface area contributed by atoms with E-state index in [1.807, 2.05) is 30.3 Å². The Labute approximate surface area is 138 Å². The van der Waals surface area contributed by atoms with Gasteiger partial charge in [-0.05, 0) is 23.8 Å². The molecule has 0 bridgehead atoms. The lowest BCUT2D eigenvalue weighted by Crippen LogP contribution is -2.24. The molecule has 2 aromatic carbocycles. The van der Waals surface area contributed by atoms with Gasteiger partial charge in [-0.2, -0.15) is 0 Å². The molecule has 3 nitrogen and oxygen atoms in total. The highest BCUT2D eigenvalue weighted by atomic mass is 35.5. The summed E-state index contributed by atoms with van der Waals surface area (Å²) in [7, 11) is 0. The van der Waals surface area contributed by atoms with Gasteiger partial charge in [0.05, 0.1) is 0 Å². The van der Waals surface area contributed by atoms with Crippen LogP contribution in [0.3, 0.4) is 0 Å². The Hall–Kier alpha value is -1.58. The standard InChI is InChI=1S/C17H14Cl2O3/c1-16(10-17(16,18)19)15(21)22-9-14(20)13-7-6-11-4-2-3-5-12(11)8-13/h2-8H,9-10H2,1H3/t16-/m0/s1. The monoisotopic (exact) mass is 336 g/mol. The maximum atomic E-state index is 12.2. The predicted molar refractivity (Wildman–Crippen MR) is 86.4 cm³/mol. The Morgan fingerprint density at radius 3 is 2.41 bits per heavy atom. The number of esters is 1. The summed E-state index contributed by atoms with van der Waals surface area (Å²) in [5, 5.41) is 2.02. The number of benzene rings is 2. The number of fused-ring (bicyclic) bond motifs is 1. The van der Waals surface area contributed by atoms with Gasteiger partial charge in [-0.1, -0.05) is 36.4 Å². The lowest BCUT2D eigenvalue weighted by atomic mass is 10.0. The van der Waals surface area contributed by atoms with Gasteiger partial charge >= 0.3 is 5.97 Å². The average molecular weight is 337 g/mol. The van der Waals surface area contributed by atoms with Gasteiger partial charge in [0.2, 0.25) is 0 Å². The Balaban J connectivity index is 1.68. The number of carbonyl (C=O) groups excluding carboxylic acids is 2. The first-order valence-electron chi connectivity index (χ1n) is 6.91. The first-order valence-corrected chi connectivity index (χ1v) is 7.66. The van der Waals surface area contributed by atoms with Gasteiger partial charge < -0.3 is 4.74 Å². The Bertz CT molecular complexity index is 769. The molecule has 0 spiro atoms. The van der Waals surface area contributed by atoms with E-state index >= 15 is 0 Å². The number of hydrogen-bond acceptors (Lipinski definition) is 3. The third-order valence-corrected chi connectivity index (χ3v) is 5.22. The molecule has 0 heterocycles. The predicted octanol–water partition coefficient (Wildman–Crippen LogP) is 4.15. The van der Waals surface area contributed by atoms with Crippen LogP contribution in [0.1, 0.15) is 23.7 Å². The average Bonchev–Trinajstić information content (AvgIpc) is 3.03. The fourth-order valence-corrected chi connectivity index (χ4v) is 3.05. The third-order valence-electron chi connectivity index (χ3n) is 4.11. The highest BCUT2D eigenvalue weighted by Gasteiger charge is 2.69. The topological polar surface area (TPSA) is 43.4 Å². The number of alkyl halides is 2. The number of hydrogen-bond donors (Lipinski definition) is 0. The summed E-state index contributed by atoms with van der Waals surface area (Å²) in [5.41, 5.74) is -0.407. The van der Waals surface area contributed by atoms with Crippen molar-refractivity contribution in [1.29, 1.82) is 0 Å². The maximum Gasteiger partial charge on any atom is 0.315 e. The van der Waals surface area contributed by atoms with Crippen LogP contribution in [-0.4, -0.2) is 22.7 Å². The Morgan fingerprint density at radius 2 is 1.77 bits per heavy atom. The van der Waals surface area contributed by atoms with Crippen molar-refractivity contribution in [3.63, 3.8) is 0 Å². The highest BCUT2D eigenvalue weighted by Crippen LogP contribution is 2.64. The fraction of sp³-hybridized carbons (Fsp3) is 0.294. The molecule has 5 heteroatoms. The van der Waals surface area contributed by atoms with Crippen LogP contribution in [0.5, 0.6) is 0 Å². The zero-order valence-electron chi connectivity index (χ0n) is 11.9. The minimum Gasteiger partial charge on any atom is -0.457 e. The van der Waals surface area contributed by atoms with E-state index in [9.17, 15) is 9.59 Å². The molecule has 22 heavy (non-hydrogen) atoms. The molecule has 0 N–H and O–H groups in total. The molecule has 1 aliphatic carbocycles. The Morgan fingerprint density at radius 1 is 1.14 bits per heavy atom. The quantitative estimate of drug-likeness (QED) is 0.478. The van der Waals surface area contributed by atoms with Crippen LogP contribution < -0.4 is 0 Å². The van der Waals surface area contributed by atoms with Crippen LogP contribution in [0, 0.1) is 5.41 Å². The summed E-state index contributed by atoms with van der Waals surface area (Å²) in [6.07, 6.45) is 0.339. The largest absolute Gasteiger partial charge is 0.457 e. The van der Waals surface area contributed by atoms with Crippen molar-refractivity contribution in [1.82, 2.24) is 0 Å². The Kier molecular flexibility index (Phi) is 3.66. The summed E-state index contributed by atoms with van der Waals surface area (Å²) in [5.74, 6) is -0.787. The number of rotatable bonds is 4. The molecule has 3 rings (SSSR count). The van der Waals surface area contributed by atoms with Crippen molar-refractivity contribution in [2.75, 3.05) is 6.61 Å². The zero-order valence-corrected chi connectivity index (χ0v) is 13.4. The SMILES string of the molecule is C[C@@]1(C(=O)OCC(=O)c2ccc3ccccc3c2)CC1(Cl)Cl. The van der Waals surface area contributed by atoms with Crippen LogP contribution in [0.4, 0.5) is 0 Å². The van der Waals surface area contributed by atoms with Gasteiger partial charge in [-0.25, -0.2) is 0 Å². The second-order valence-corrected chi connectivity index (χ2v) is 7.26. The van der Waals surface area contributed by atoms with E-state index in [0.717, 1.165) is 10.8 Å². The van der Waals surface area contributed by atoms with Crippen LogP contribution >= 0.6 is 23.2 Å². The van der Waals surface area contributed by atoms with E-state index in [2.05, 4.69) is 0 Å². The van der Waals surface area contributed by atoms with Gasteiger partial charge in [-0.3, -0.25) is 9.59 Å². The van der Waals surface area contributed by atoms with Crippen LogP contribution in [0.2, 0.25) is 0 Å². The van der Waals surface area contributed by atoms with Crippen LogP contribution in [0.25, 0.3) is 10.8 Å². The molecule has 0 amide bonds. The van der Waals surface area contributed by atoms with Gasteiger partial charge in [-0.15, -0.1) is 23.2 Å². The molecule has 1 atom stereocenters. The minimum atomic E-state index is -1.09. The summed E-state index contributed by atoms with van der Waals surface area (Å²) in [6, 6.07) is 13.1. The van der Waals surface area contributed by atoms with E-state index in [0.29, 0.717) is 12.0 Å². The van der Waals surface area contributed by atoms with E-state index in [4.69, 9.17) is 27.9 Å². The fourth-order valence-electron chi connectivity index (χ4n) is 2.36. The van der Waals surface area contributed by atoms with Crippen molar-refractivity contribution in [3.05, 3.63) is 48.0 Å². The first kappa shape index (κ1) is 15.3. The maximum absolute atomic E-state index is 12.2. The van der Waals surface area contributed by atoms with Crippen molar-refractivity contribution in [2.24, 2.45) is 5.41 Å². The van der Waals surface area contributed by atoms with Gasteiger partial charge in [0.15, 0.2) is 12.4 Å². The molecule has 0 unspecified atom stereocenters. The number of carbonyl (C=O) groups is 2. The molecule has 1 aliphatic rings. The molecule has 1 fully saturated rings. The molecular weight excluding hydrogens is 323 g/mol. The number of ether oxygens (including phenoxy) is 1. The summed E-state index contributed by atoms with van der Waals surface area (Å²) < 4.78 is 3.99. The van der Waals surface area contributed by atoms with Crippen molar-refractivity contribution < 1.29 is 14.3 Å².